The summed E-state index contributed by atoms with van der Waals surface area (Å²) in [5.74, 6) is -3.17. The van der Waals surface area contributed by atoms with Crippen LogP contribution >= 0.6 is 0 Å². The number of alkyl halides is 3. The van der Waals surface area contributed by atoms with Crippen LogP contribution in [-0.4, -0.2) is 32.1 Å². The molecule has 11 heteroatoms. The Bertz CT molecular complexity index is 852. The molecule has 2 heterocycles. The first-order valence-corrected chi connectivity index (χ1v) is 8.08. The fraction of sp³-hybridized carbons (Fsp3) is 0.438. The van der Waals surface area contributed by atoms with Crippen LogP contribution in [0.1, 0.15) is 42.0 Å². The number of nitrogens with zero attached hydrogens (tertiary/aromatic N) is 3. The van der Waals surface area contributed by atoms with Crippen molar-refractivity contribution in [2.45, 2.75) is 43.9 Å². The van der Waals surface area contributed by atoms with Crippen LogP contribution in [0.3, 0.4) is 0 Å². The van der Waals surface area contributed by atoms with Gasteiger partial charge in [0.2, 0.25) is 0 Å². The van der Waals surface area contributed by atoms with E-state index in [0.717, 1.165) is 10.6 Å². The summed E-state index contributed by atoms with van der Waals surface area (Å²) in [5, 5.41) is 18.4. The molecule has 146 valence electrons. The number of rotatable bonds is 3. The first-order chi connectivity index (χ1) is 12.7. The lowest BCUT2D eigenvalue weighted by Crippen LogP contribution is -2.28. The average Bonchev–Trinajstić information content (AvgIpc) is 2.83. The van der Waals surface area contributed by atoms with Gasteiger partial charge in [0.05, 0.1) is 6.04 Å². The summed E-state index contributed by atoms with van der Waals surface area (Å²) in [6.45, 7) is -0.119. The zero-order chi connectivity index (χ0) is 19.8. The van der Waals surface area contributed by atoms with E-state index in [2.05, 4.69) is 15.5 Å². The summed E-state index contributed by atoms with van der Waals surface area (Å²) in [6.07, 6.45) is -6.91. The summed E-state index contributed by atoms with van der Waals surface area (Å²) < 4.78 is 67.4. The zero-order valence-electron chi connectivity index (χ0n) is 13.8. The van der Waals surface area contributed by atoms with Crippen LogP contribution in [0.25, 0.3) is 0 Å². The van der Waals surface area contributed by atoms with Crippen LogP contribution in [0.2, 0.25) is 0 Å². The van der Waals surface area contributed by atoms with E-state index in [1.165, 1.54) is 12.1 Å². The minimum absolute atomic E-state index is 0.0172. The zero-order valence-corrected chi connectivity index (χ0v) is 13.8. The van der Waals surface area contributed by atoms with Crippen molar-refractivity contribution in [2.24, 2.45) is 0 Å². The molecule has 0 saturated heterocycles. The molecule has 0 spiro atoms. The molecular weight excluding hydrogens is 375 g/mol. The van der Waals surface area contributed by atoms with Crippen molar-refractivity contribution >= 4 is 6.09 Å². The number of aromatic nitrogens is 3. The number of carboxylic acid groups (broad SMARTS) is 1. The van der Waals surface area contributed by atoms with Gasteiger partial charge >= 0.3 is 12.3 Å². The molecule has 0 bridgehead atoms. The molecule has 2 aromatic rings. The molecule has 1 amide bonds. The molecule has 2 N–H and O–H groups in total. The molecule has 3 rings (SSSR count). The molecule has 27 heavy (non-hydrogen) atoms. The van der Waals surface area contributed by atoms with E-state index in [0.29, 0.717) is 0 Å². The van der Waals surface area contributed by atoms with Crippen LogP contribution < -0.4 is 5.32 Å². The van der Waals surface area contributed by atoms with Crippen LogP contribution in [0.15, 0.2) is 18.2 Å². The maximum absolute atomic E-state index is 14.2. The molecule has 0 saturated carbocycles. The third-order valence-electron chi connectivity index (χ3n) is 4.45. The molecule has 1 aliphatic heterocycles. The Morgan fingerprint density at radius 2 is 2.00 bits per heavy atom. The first-order valence-electron chi connectivity index (χ1n) is 8.08. The number of halogens is 5. The molecule has 1 aromatic heterocycles. The summed E-state index contributed by atoms with van der Waals surface area (Å²) in [7, 11) is 0. The molecule has 6 nitrogen and oxygen atoms in total. The Morgan fingerprint density at radius 1 is 1.26 bits per heavy atom. The minimum Gasteiger partial charge on any atom is -0.465 e. The topological polar surface area (TPSA) is 80.0 Å². The van der Waals surface area contributed by atoms with Crippen molar-refractivity contribution in [3.63, 3.8) is 0 Å². The highest BCUT2D eigenvalue weighted by molar-refractivity contribution is 5.65. The van der Waals surface area contributed by atoms with Gasteiger partial charge in [0.25, 0.3) is 0 Å². The van der Waals surface area contributed by atoms with Crippen molar-refractivity contribution in [1.29, 1.82) is 0 Å². The van der Waals surface area contributed by atoms with E-state index in [-0.39, 0.29) is 30.8 Å². The van der Waals surface area contributed by atoms with E-state index < -0.39 is 48.1 Å². The number of hydrogen-bond donors (Lipinski definition) is 2. The molecule has 0 fully saturated rings. The summed E-state index contributed by atoms with van der Waals surface area (Å²) >= 11 is 0. The van der Waals surface area contributed by atoms with Gasteiger partial charge in [-0.25, -0.2) is 13.6 Å². The lowest BCUT2D eigenvalue weighted by atomic mass is 9.93. The molecule has 1 aliphatic rings. The normalized spacial score (nSPS) is 20.0. The quantitative estimate of drug-likeness (QED) is 0.786. The molecule has 0 radical (unpaired) electrons. The maximum atomic E-state index is 14.2. The van der Waals surface area contributed by atoms with Crippen molar-refractivity contribution in [3.05, 3.63) is 47.0 Å². The Labute approximate surface area is 150 Å². The van der Waals surface area contributed by atoms with Gasteiger partial charge in [-0.05, 0) is 24.5 Å². The number of amides is 1. The Hall–Kier alpha value is -2.72. The van der Waals surface area contributed by atoms with Gasteiger partial charge in [-0.1, -0.05) is 12.1 Å². The molecular formula is C16H15F5N4O2. The first kappa shape index (κ1) is 19.1. The van der Waals surface area contributed by atoms with Gasteiger partial charge in [0.15, 0.2) is 17.5 Å². The number of hydrogen-bond acceptors (Lipinski definition) is 3. The minimum atomic E-state index is -4.55. The molecule has 0 aliphatic carbocycles. The Morgan fingerprint density at radius 3 is 2.67 bits per heavy atom. The molecule has 0 unspecified atom stereocenters. The lowest BCUT2D eigenvalue weighted by molar-refractivity contribution is -0.129. The average molecular weight is 390 g/mol. The third kappa shape index (κ3) is 4.17. The number of nitrogens with one attached hydrogen (secondary N) is 1. The number of benzene rings is 1. The molecule has 2 atom stereocenters. The largest absolute Gasteiger partial charge is 0.465 e. The Kier molecular flexibility index (Phi) is 5.03. The lowest BCUT2D eigenvalue weighted by Gasteiger charge is -2.18. The van der Waals surface area contributed by atoms with Crippen molar-refractivity contribution < 1.29 is 31.9 Å². The second-order valence-corrected chi connectivity index (χ2v) is 6.30. The van der Waals surface area contributed by atoms with Gasteiger partial charge in [-0.15, -0.1) is 10.2 Å². The SMILES string of the molecule is O=C(O)N[C@@H]1CC[C@@H](c2cccc(F)c2F)Cn2c(CC(F)(F)F)nnc21. The van der Waals surface area contributed by atoms with E-state index in [4.69, 9.17) is 5.11 Å². The third-order valence-corrected chi connectivity index (χ3v) is 4.45. The van der Waals surface area contributed by atoms with Crippen LogP contribution in [0.5, 0.6) is 0 Å². The Balaban J connectivity index is 2.02. The van der Waals surface area contributed by atoms with E-state index >= 15 is 0 Å². The van der Waals surface area contributed by atoms with Gasteiger partial charge < -0.3 is 15.0 Å². The fourth-order valence-electron chi connectivity index (χ4n) is 3.30. The second-order valence-electron chi connectivity index (χ2n) is 6.30. The van der Waals surface area contributed by atoms with Crippen molar-refractivity contribution in [1.82, 2.24) is 20.1 Å². The number of fused-ring (bicyclic) bond motifs is 1. The van der Waals surface area contributed by atoms with E-state index in [1.54, 1.807) is 0 Å². The van der Waals surface area contributed by atoms with Gasteiger partial charge in [-0.2, -0.15) is 13.2 Å². The maximum Gasteiger partial charge on any atom is 0.405 e. The predicted molar refractivity (Wildman–Crippen MR) is 82.0 cm³/mol. The second kappa shape index (κ2) is 7.12. The van der Waals surface area contributed by atoms with Gasteiger partial charge in [0.1, 0.15) is 12.2 Å². The van der Waals surface area contributed by atoms with Gasteiger partial charge in [-0.3, -0.25) is 0 Å². The van der Waals surface area contributed by atoms with Gasteiger partial charge in [0, 0.05) is 12.5 Å². The van der Waals surface area contributed by atoms with Crippen molar-refractivity contribution in [2.75, 3.05) is 0 Å². The van der Waals surface area contributed by atoms with E-state index in [9.17, 15) is 26.7 Å². The van der Waals surface area contributed by atoms with Crippen LogP contribution in [0.4, 0.5) is 26.7 Å². The standard InChI is InChI=1S/C16H15F5N4O2/c17-10-3-1-2-9(13(10)18)8-4-5-11(22-15(26)27)14-24-23-12(25(14)7-8)6-16(19,20)21/h1-3,8,11,22H,4-7H2,(H,26,27)/t8-,11-/m1/s1. The monoisotopic (exact) mass is 390 g/mol. The van der Waals surface area contributed by atoms with Crippen molar-refractivity contribution in [3.8, 4) is 0 Å². The summed E-state index contributed by atoms with van der Waals surface area (Å²) in [4.78, 5) is 11.0. The summed E-state index contributed by atoms with van der Waals surface area (Å²) in [5.41, 5.74) is 0.0172. The van der Waals surface area contributed by atoms with Crippen LogP contribution in [0, 0.1) is 11.6 Å². The predicted octanol–water partition coefficient (Wildman–Crippen LogP) is 3.55. The molecule has 1 aromatic carbocycles. The highest BCUT2D eigenvalue weighted by Crippen LogP contribution is 2.35. The van der Waals surface area contributed by atoms with E-state index in [1.807, 2.05) is 0 Å². The highest BCUT2D eigenvalue weighted by atomic mass is 19.4. The smallest absolute Gasteiger partial charge is 0.405 e. The highest BCUT2D eigenvalue weighted by Gasteiger charge is 2.35. The summed E-state index contributed by atoms with van der Waals surface area (Å²) in [6, 6.07) is 2.72. The number of carbonyl (C=O) groups is 1. The van der Waals surface area contributed by atoms with Crippen LogP contribution in [-0.2, 0) is 13.0 Å². The fourth-order valence-corrected chi connectivity index (χ4v) is 3.30.